The SMILES string of the molecule is COC(=O)c1ccc2cc1OCCOCCOCCOc1ccc(cc1)CNc1nc(nc(OCC(F)(F)F)n1)N2. The molecule has 5 rings (SSSR count). The molecule has 6 bridgehead atoms. The van der Waals surface area contributed by atoms with Crippen molar-refractivity contribution in [3.63, 3.8) is 0 Å². The van der Waals surface area contributed by atoms with Crippen molar-refractivity contribution < 1.29 is 46.4 Å². The molecule has 2 aromatic carbocycles. The average molecular weight is 580 g/mol. The van der Waals surface area contributed by atoms with E-state index in [1.165, 1.54) is 25.3 Å². The molecule has 1 aromatic heterocycles. The van der Waals surface area contributed by atoms with Gasteiger partial charge in [0.15, 0.2) is 6.61 Å². The van der Waals surface area contributed by atoms with Crippen molar-refractivity contribution in [1.82, 2.24) is 15.0 Å². The molecular weight excluding hydrogens is 551 g/mol. The van der Waals surface area contributed by atoms with Crippen LogP contribution in [0.5, 0.6) is 17.5 Å². The first kappa shape index (κ1) is 29.6. The van der Waals surface area contributed by atoms with Crippen molar-refractivity contribution >= 4 is 23.6 Å². The number of hydrogen-bond acceptors (Lipinski definition) is 12. The van der Waals surface area contributed by atoms with E-state index in [1.807, 2.05) is 12.1 Å². The average Bonchev–Trinajstić information content (AvgIpc) is 2.95. The Balaban J connectivity index is 1.61. The van der Waals surface area contributed by atoms with Gasteiger partial charge in [-0.05, 0) is 29.8 Å². The largest absolute Gasteiger partial charge is 0.491 e. The fourth-order valence-electron chi connectivity index (χ4n) is 3.47. The van der Waals surface area contributed by atoms with E-state index < -0.39 is 24.8 Å². The van der Waals surface area contributed by atoms with E-state index in [0.29, 0.717) is 37.9 Å². The molecule has 15 heteroatoms. The number of alkyl halides is 3. The molecule has 0 saturated carbocycles. The monoisotopic (exact) mass is 579 g/mol. The molecule has 3 heterocycles. The Morgan fingerprint density at radius 1 is 0.902 bits per heavy atom. The van der Waals surface area contributed by atoms with Crippen LogP contribution in [0.25, 0.3) is 0 Å². The molecule has 0 spiro atoms. The van der Waals surface area contributed by atoms with E-state index in [9.17, 15) is 18.0 Å². The van der Waals surface area contributed by atoms with Gasteiger partial charge >= 0.3 is 18.2 Å². The fourth-order valence-corrected chi connectivity index (χ4v) is 3.47. The number of methoxy groups -OCH3 is 1. The van der Waals surface area contributed by atoms with E-state index >= 15 is 0 Å². The van der Waals surface area contributed by atoms with E-state index in [2.05, 4.69) is 25.6 Å². The molecule has 0 fully saturated rings. The van der Waals surface area contributed by atoms with Crippen LogP contribution in [0.3, 0.4) is 0 Å². The molecule has 2 aliphatic rings. The number of ether oxygens (including phenoxy) is 6. The summed E-state index contributed by atoms with van der Waals surface area (Å²) < 4.78 is 70.4. The normalized spacial score (nSPS) is 14.9. The van der Waals surface area contributed by atoms with E-state index in [4.69, 9.17) is 28.4 Å². The summed E-state index contributed by atoms with van der Waals surface area (Å²) in [6, 6.07) is 11.2. The Morgan fingerprint density at radius 2 is 1.59 bits per heavy atom. The zero-order chi connectivity index (χ0) is 29.1. The predicted octanol–water partition coefficient (Wildman–Crippen LogP) is 3.76. The number of carbonyl (C=O) groups is 1. The minimum atomic E-state index is -4.59. The maximum Gasteiger partial charge on any atom is 0.422 e. The Bertz CT molecular complexity index is 1300. The van der Waals surface area contributed by atoms with E-state index in [1.54, 1.807) is 12.1 Å². The maximum absolute atomic E-state index is 12.8. The molecule has 0 aliphatic carbocycles. The van der Waals surface area contributed by atoms with Crippen LogP contribution < -0.4 is 24.8 Å². The Morgan fingerprint density at radius 3 is 2.29 bits per heavy atom. The topological polar surface area (TPSA) is 135 Å². The van der Waals surface area contributed by atoms with Gasteiger partial charge in [-0.1, -0.05) is 12.1 Å². The molecule has 41 heavy (non-hydrogen) atoms. The molecule has 220 valence electrons. The van der Waals surface area contributed by atoms with Gasteiger partial charge in [0.1, 0.15) is 30.3 Å². The fraction of sp³-hybridized carbons (Fsp3) is 0.385. The van der Waals surface area contributed by atoms with Crippen LogP contribution >= 0.6 is 0 Å². The number of rotatable bonds is 3. The van der Waals surface area contributed by atoms with Crippen molar-refractivity contribution in [2.24, 2.45) is 0 Å². The number of esters is 1. The van der Waals surface area contributed by atoms with Gasteiger partial charge in [-0.2, -0.15) is 28.1 Å². The Labute approximate surface area is 233 Å². The van der Waals surface area contributed by atoms with E-state index in [-0.39, 0.29) is 43.0 Å². The van der Waals surface area contributed by atoms with Crippen LogP contribution in [-0.2, 0) is 20.8 Å². The molecule has 0 amide bonds. The lowest BCUT2D eigenvalue weighted by molar-refractivity contribution is -0.154. The third-order valence-corrected chi connectivity index (χ3v) is 5.35. The lowest BCUT2D eigenvalue weighted by Crippen LogP contribution is -2.21. The lowest BCUT2D eigenvalue weighted by atomic mass is 10.2. The third-order valence-electron chi connectivity index (χ3n) is 5.35. The highest BCUT2D eigenvalue weighted by Gasteiger charge is 2.29. The van der Waals surface area contributed by atoms with Gasteiger partial charge in [-0.3, -0.25) is 0 Å². The first-order valence-electron chi connectivity index (χ1n) is 12.5. The number of carbonyl (C=O) groups excluding carboxylic acids is 1. The maximum atomic E-state index is 12.8. The van der Waals surface area contributed by atoms with Crippen molar-refractivity contribution in [2.75, 3.05) is 64.0 Å². The Hall–Kier alpha value is -4.37. The molecule has 2 aliphatic heterocycles. The predicted molar refractivity (Wildman–Crippen MR) is 139 cm³/mol. The standard InChI is InChI=1S/C26H28F3N5O7/c1-36-22(35)20-7-4-18-14-21(20)40-13-11-38-9-8-37-10-12-39-19-5-2-17(3-6-19)15-30-23-32-24(31-18)34-25(33-23)41-16-26(27,28)29/h2-7,14H,8-13,15-16H2,1H3,(H2,30,31,32,33,34). The summed E-state index contributed by atoms with van der Waals surface area (Å²) in [7, 11) is 1.24. The van der Waals surface area contributed by atoms with Gasteiger partial charge in [0, 0.05) is 18.3 Å². The Kier molecular flexibility index (Phi) is 10.3. The summed E-state index contributed by atoms with van der Waals surface area (Å²) >= 11 is 0. The minimum absolute atomic E-state index is 0.0321. The van der Waals surface area contributed by atoms with Gasteiger partial charge < -0.3 is 39.1 Å². The van der Waals surface area contributed by atoms with Crippen LogP contribution in [0, 0.1) is 0 Å². The first-order chi connectivity index (χ1) is 19.8. The van der Waals surface area contributed by atoms with Crippen molar-refractivity contribution in [3.8, 4) is 17.5 Å². The summed E-state index contributed by atoms with van der Waals surface area (Å²) in [5, 5.41) is 5.84. The number of nitrogens with zero attached hydrogens (tertiary/aromatic N) is 3. The van der Waals surface area contributed by atoms with Crippen molar-refractivity contribution in [2.45, 2.75) is 12.7 Å². The van der Waals surface area contributed by atoms with Gasteiger partial charge in [0.2, 0.25) is 11.9 Å². The van der Waals surface area contributed by atoms with Gasteiger partial charge in [-0.25, -0.2) is 4.79 Å². The van der Waals surface area contributed by atoms with E-state index in [0.717, 1.165) is 5.56 Å². The highest BCUT2D eigenvalue weighted by molar-refractivity contribution is 5.93. The number of fused-ring (bicyclic) bond motifs is 12. The highest BCUT2D eigenvalue weighted by atomic mass is 19.4. The smallest absolute Gasteiger partial charge is 0.422 e. The number of aromatic nitrogens is 3. The molecule has 12 nitrogen and oxygen atoms in total. The second-order valence-electron chi connectivity index (χ2n) is 8.42. The van der Waals surface area contributed by atoms with Gasteiger partial charge in [0.05, 0.1) is 33.5 Å². The first-order valence-corrected chi connectivity index (χ1v) is 12.5. The third kappa shape index (κ3) is 9.65. The zero-order valence-electron chi connectivity index (χ0n) is 22.0. The van der Waals surface area contributed by atoms with Gasteiger partial charge in [-0.15, -0.1) is 0 Å². The molecular formula is C26H28F3N5O7. The second-order valence-corrected chi connectivity index (χ2v) is 8.42. The number of nitrogens with one attached hydrogen (secondary N) is 2. The van der Waals surface area contributed by atoms with Gasteiger partial charge in [0.25, 0.3) is 0 Å². The second kappa shape index (κ2) is 14.3. The summed E-state index contributed by atoms with van der Waals surface area (Å²) in [6.45, 7) is 0.391. The lowest BCUT2D eigenvalue weighted by Gasteiger charge is -2.14. The summed E-state index contributed by atoms with van der Waals surface area (Å²) in [5.74, 6) is 0.0632. The molecule has 2 N–H and O–H groups in total. The van der Waals surface area contributed by atoms with Crippen molar-refractivity contribution in [3.05, 3.63) is 53.6 Å². The number of anilines is 3. The highest BCUT2D eigenvalue weighted by Crippen LogP contribution is 2.27. The molecule has 0 saturated heterocycles. The van der Waals surface area contributed by atoms with Crippen LogP contribution in [0.15, 0.2) is 42.5 Å². The summed E-state index contributed by atoms with van der Waals surface area (Å²) in [5.41, 5.74) is 1.36. The molecule has 0 atom stereocenters. The summed E-state index contributed by atoms with van der Waals surface area (Å²) in [6.07, 6.45) is -4.59. The van der Waals surface area contributed by atoms with Crippen LogP contribution in [0.4, 0.5) is 30.8 Å². The molecule has 3 aromatic rings. The zero-order valence-corrected chi connectivity index (χ0v) is 22.0. The number of hydrogen-bond donors (Lipinski definition) is 2. The van der Waals surface area contributed by atoms with Crippen molar-refractivity contribution in [1.29, 1.82) is 0 Å². The molecule has 0 unspecified atom stereocenters. The minimum Gasteiger partial charge on any atom is -0.491 e. The van der Waals surface area contributed by atoms with Crippen LogP contribution in [0.1, 0.15) is 15.9 Å². The van der Waals surface area contributed by atoms with Crippen LogP contribution in [-0.4, -0.2) is 80.5 Å². The number of benzene rings is 2. The quantitative estimate of drug-likeness (QED) is 0.346. The molecule has 0 radical (unpaired) electrons. The summed E-state index contributed by atoms with van der Waals surface area (Å²) in [4.78, 5) is 24.4. The van der Waals surface area contributed by atoms with Crippen LogP contribution in [0.2, 0.25) is 0 Å². The number of halogens is 3.